The highest BCUT2D eigenvalue weighted by Crippen LogP contribution is 2.36. The van der Waals surface area contributed by atoms with Gasteiger partial charge in [-0.1, -0.05) is 11.6 Å². The molecule has 5 heteroatoms. The van der Waals surface area contributed by atoms with E-state index < -0.39 is 0 Å². The topological polar surface area (TPSA) is 55.1 Å². The average molecular weight is 277 g/mol. The Kier molecular flexibility index (Phi) is 3.77. The standard InChI is InChI=1S/C14H13ClN2O2/c1-8(2)19-13-5-11-10(4-12(13)18-3)14(15)9(6-16)7-17-11/h4-5,7-8H,1-3H3. The fraction of sp³-hybridized carbons (Fsp3) is 0.286. The summed E-state index contributed by atoms with van der Waals surface area (Å²) >= 11 is 6.17. The molecule has 0 fully saturated rings. The van der Waals surface area contributed by atoms with Crippen molar-refractivity contribution in [3.63, 3.8) is 0 Å². The first-order valence-electron chi connectivity index (χ1n) is 5.79. The SMILES string of the molecule is COc1cc2c(Cl)c(C#N)cnc2cc1OC(C)C. The minimum absolute atomic E-state index is 0.0280. The van der Waals surface area contributed by atoms with Crippen LogP contribution in [0.15, 0.2) is 18.3 Å². The van der Waals surface area contributed by atoms with Crippen molar-refractivity contribution in [1.82, 2.24) is 4.98 Å². The number of methoxy groups -OCH3 is 1. The van der Waals surface area contributed by atoms with Gasteiger partial charge in [-0.15, -0.1) is 0 Å². The molecule has 1 heterocycles. The minimum atomic E-state index is 0.0280. The van der Waals surface area contributed by atoms with Gasteiger partial charge in [0.25, 0.3) is 0 Å². The Morgan fingerprint density at radius 1 is 1.32 bits per heavy atom. The lowest BCUT2D eigenvalue weighted by atomic mass is 10.1. The Morgan fingerprint density at radius 2 is 2.05 bits per heavy atom. The predicted molar refractivity (Wildman–Crippen MR) is 73.8 cm³/mol. The van der Waals surface area contributed by atoms with Gasteiger partial charge in [0.1, 0.15) is 6.07 Å². The Labute approximate surface area is 116 Å². The number of pyridine rings is 1. The van der Waals surface area contributed by atoms with Gasteiger partial charge in [0, 0.05) is 17.6 Å². The van der Waals surface area contributed by atoms with Crippen LogP contribution in [0.1, 0.15) is 19.4 Å². The molecule has 0 radical (unpaired) electrons. The second kappa shape index (κ2) is 5.33. The second-order valence-electron chi connectivity index (χ2n) is 4.28. The summed E-state index contributed by atoms with van der Waals surface area (Å²) in [6.45, 7) is 3.87. The van der Waals surface area contributed by atoms with Crippen LogP contribution in [0.4, 0.5) is 0 Å². The smallest absolute Gasteiger partial charge is 0.163 e. The van der Waals surface area contributed by atoms with Gasteiger partial charge in [-0.25, -0.2) is 0 Å². The van der Waals surface area contributed by atoms with Gasteiger partial charge in [0.05, 0.1) is 29.3 Å². The maximum absolute atomic E-state index is 8.95. The molecule has 0 saturated carbocycles. The number of nitriles is 1. The van der Waals surface area contributed by atoms with Gasteiger partial charge < -0.3 is 9.47 Å². The first-order valence-corrected chi connectivity index (χ1v) is 6.17. The molecule has 1 aromatic carbocycles. The molecule has 19 heavy (non-hydrogen) atoms. The summed E-state index contributed by atoms with van der Waals surface area (Å²) in [6.07, 6.45) is 1.48. The molecule has 0 aliphatic heterocycles. The van der Waals surface area contributed by atoms with Crippen LogP contribution in [-0.4, -0.2) is 18.2 Å². The minimum Gasteiger partial charge on any atom is -0.493 e. The number of halogens is 1. The summed E-state index contributed by atoms with van der Waals surface area (Å²) in [6, 6.07) is 5.51. The monoisotopic (exact) mass is 276 g/mol. The summed E-state index contributed by atoms with van der Waals surface area (Å²) in [5.74, 6) is 1.18. The number of benzene rings is 1. The lowest BCUT2D eigenvalue weighted by molar-refractivity contribution is 0.230. The largest absolute Gasteiger partial charge is 0.493 e. The zero-order chi connectivity index (χ0) is 14.0. The van der Waals surface area contributed by atoms with E-state index in [1.807, 2.05) is 19.9 Å². The van der Waals surface area contributed by atoms with E-state index in [9.17, 15) is 0 Å². The van der Waals surface area contributed by atoms with E-state index in [1.54, 1.807) is 19.2 Å². The van der Waals surface area contributed by atoms with Crippen LogP contribution in [0, 0.1) is 11.3 Å². The molecular formula is C14H13ClN2O2. The molecule has 0 atom stereocenters. The van der Waals surface area contributed by atoms with Crippen LogP contribution in [0.2, 0.25) is 5.02 Å². The summed E-state index contributed by atoms with van der Waals surface area (Å²) in [4.78, 5) is 4.21. The molecule has 98 valence electrons. The first-order chi connectivity index (χ1) is 9.06. The molecule has 0 saturated heterocycles. The summed E-state index contributed by atoms with van der Waals surface area (Å²) in [5, 5.41) is 10.00. The molecule has 0 aliphatic rings. The van der Waals surface area contributed by atoms with Crippen LogP contribution < -0.4 is 9.47 Å². The van der Waals surface area contributed by atoms with E-state index in [4.69, 9.17) is 26.3 Å². The summed E-state index contributed by atoms with van der Waals surface area (Å²) < 4.78 is 11.0. The van der Waals surface area contributed by atoms with Gasteiger partial charge in [-0.05, 0) is 19.9 Å². The van der Waals surface area contributed by atoms with Crippen molar-refractivity contribution in [1.29, 1.82) is 5.26 Å². The van der Waals surface area contributed by atoms with E-state index in [2.05, 4.69) is 4.98 Å². The number of aromatic nitrogens is 1. The normalized spacial score (nSPS) is 10.5. The summed E-state index contributed by atoms with van der Waals surface area (Å²) in [7, 11) is 1.56. The number of hydrogen-bond donors (Lipinski definition) is 0. The highest BCUT2D eigenvalue weighted by atomic mass is 35.5. The van der Waals surface area contributed by atoms with E-state index in [1.165, 1.54) is 6.20 Å². The van der Waals surface area contributed by atoms with Crippen molar-refractivity contribution in [3.8, 4) is 17.6 Å². The third-order valence-corrected chi connectivity index (χ3v) is 2.98. The van der Waals surface area contributed by atoms with Gasteiger partial charge in [-0.3, -0.25) is 4.98 Å². The predicted octanol–water partition coefficient (Wildman–Crippen LogP) is 3.56. The highest BCUT2D eigenvalue weighted by Gasteiger charge is 2.13. The van der Waals surface area contributed by atoms with Crippen molar-refractivity contribution in [2.45, 2.75) is 20.0 Å². The zero-order valence-corrected chi connectivity index (χ0v) is 11.7. The molecule has 0 amide bonds. The zero-order valence-electron chi connectivity index (χ0n) is 10.9. The van der Waals surface area contributed by atoms with E-state index >= 15 is 0 Å². The molecule has 1 aromatic heterocycles. The van der Waals surface area contributed by atoms with Gasteiger partial charge in [0.15, 0.2) is 11.5 Å². The van der Waals surface area contributed by atoms with Crippen molar-refractivity contribution in [2.24, 2.45) is 0 Å². The number of rotatable bonds is 3. The van der Waals surface area contributed by atoms with Crippen molar-refractivity contribution >= 4 is 22.5 Å². The van der Waals surface area contributed by atoms with Crippen LogP contribution in [0.3, 0.4) is 0 Å². The quantitative estimate of drug-likeness (QED) is 0.860. The average Bonchev–Trinajstić information content (AvgIpc) is 2.38. The second-order valence-corrected chi connectivity index (χ2v) is 4.66. The third-order valence-electron chi connectivity index (χ3n) is 2.57. The third kappa shape index (κ3) is 2.56. The molecule has 0 bridgehead atoms. The van der Waals surface area contributed by atoms with E-state index in [0.717, 1.165) is 0 Å². The maximum atomic E-state index is 8.95. The number of hydrogen-bond acceptors (Lipinski definition) is 4. The Hall–Kier alpha value is -1.99. The molecule has 0 N–H and O–H groups in total. The van der Waals surface area contributed by atoms with E-state index in [-0.39, 0.29) is 6.10 Å². The van der Waals surface area contributed by atoms with Gasteiger partial charge in [-0.2, -0.15) is 5.26 Å². The van der Waals surface area contributed by atoms with E-state index in [0.29, 0.717) is 33.0 Å². The molecule has 4 nitrogen and oxygen atoms in total. The lowest BCUT2D eigenvalue weighted by Gasteiger charge is -2.14. The van der Waals surface area contributed by atoms with Crippen molar-refractivity contribution in [3.05, 3.63) is 28.9 Å². The van der Waals surface area contributed by atoms with Gasteiger partial charge in [0.2, 0.25) is 0 Å². The van der Waals surface area contributed by atoms with Crippen LogP contribution in [0.5, 0.6) is 11.5 Å². The Bertz CT molecular complexity index is 663. The first kappa shape index (κ1) is 13.4. The fourth-order valence-electron chi connectivity index (χ4n) is 1.75. The van der Waals surface area contributed by atoms with Crippen LogP contribution >= 0.6 is 11.6 Å². The molecule has 0 unspecified atom stereocenters. The molecule has 2 aromatic rings. The summed E-state index contributed by atoms with van der Waals surface area (Å²) in [5.41, 5.74) is 1.01. The Morgan fingerprint density at radius 3 is 2.63 bits per heavy atom. The molecular weight excluding hydrogens is 264 g/mol. The fourth-order valence-corrected chi connectivity index (χ4v) is 1.99. The van der Waals surface area contributed by atoms with Crippen molar-refractivity contribution < 1.29 is 9.47 Å². The van der Waals surface area contributed by atoms with Crippen molar-refractivity contribution in [2.75, 3.05) is 7.11 Å². The maximum Gasteiger partial charge on any atom is 0.163 e. The molecule has 0 aliphatic carbocycles. The van der Waals surface area contributed by atoms with Crippen LogP contribution in [0.25, 0.3) is 10.9 Å². The Balaban J connectivity index is 2.67. The molecule has 0 spiro atoms. The van der Waals surface area contributed by atoms with Crippen LogP contribution in [-0.2, 0) is 0 Å². The molecule has 2 rings (SSSR count). The van der Waals surface area contributed by atoms with Gasteiger partial charge >= 0.3 is 0 Å². The highest BCUT2D eigenvalue weighted by molar-refractivity contribution is 6.36. The lowest BCUT2D eigenvalue weighted by Crippen LogP contribution is -2.06. The number of nitrogens with zero attached hydrogens (tertiary/aromatic N) is 2. The number of fused-ring (bicyclic) bond motifs is 1. The number of ether oxygens (including phenoxy) is 2.